The summed E-state index contributed by atoms with van der Waals surface area (Å²) in [4.78, 5) is 40.8. The minimum Gasteiger partial charge on any atom is -0.480 e. The standard InChI is InChI=1S/C21H17ClN2O6S/c1-2-24-19(27)17(10-12-3-8-16(15(22)9-12)30-11-18(25)26)31-21(24)23-14-6-4-13(5-7-14)20(28)29/h3-10H,2,11H2,1H3,(H,25,26)(H,28,29). The first-order chi connectivity index (χ1) is 14.8. The number of carboxylic acid groups (broad SMARTS) is 2. The number of halogens is 1. The number of hydrogen-bond donors (Lipinski definition) is 2. The molecule has 2 N–H and O–H groups in total. The molecule has 0 atom stereocenters. The second-order valence-electron chi connectivity index (χ2n) is 6.28. The lowest BCUT2D eigenvalue weighted by molar-refractivity contribution is -0.139. The van der Waals surface area contributed by atoms with Crippen molar-refractivity contribution in [2.45, 2.75) is 6.92 Å². The van der Waals surface area contributed by atoms with Crippen molar-refractivity contribution < 1.29 is 29.3 Å². The van der Waals surface area contributed by atoms with Gasteiger partial charge in [0.2, 0.25) is 0 Å². The number of likely N-dealkylation sites (N-methyl/N-ethyl adjacent to an activating group) is 1. The number of carbonyl (C=O) groups excluding carboxylic acids is 1. The highest BCUT2D eigenvalue weighted by atomic mass is 35.5. The average Bonchev–Trinajstić information content (AvgIpc) is 3.01. The van der Waals surface area contributed by atoms with Crippen molar-refractivity contribution in [3.63, 3.8) is 0 Å². The van der Waals surface area contributed by atoms with Crippen LogP contribution in [0.5, 0.6) is 5.75 Å². The highest BCUT2D eigenvalue weighted by Crippen LogP contribution is 2.35. The van der Waals surface area contributed by atoms with E-state index in [2.05, 4.69) is 4.99 Å². The van der Waals surface area contributed by atoms with E-state index in [0.29, 0.717) is 27.9 Å². The Morgan fingerprint density at radius 1 is 1.19 bits per heavy atom. The maximum atomic E-state index is 12.8. The lowest BCUT2D eigenvalue weighted by Gasteiger charge is -2.12. The third-order valence-electron chi connectivity index (χ3n) is 4.15. The minimum atomic E-state index is -1.11. The molecule has 1 aliphatic rings. The molecule has 2 aromatic rings. The average molecular weight is 461 g/mol. The van der Waals surface area contributed by atoms with Gasteiger partial charge in [0.15, 0.2) is 11.8 Å². The van der Waals surface area contributed by atoms with E-state index in [1.165, 1.54) is 28.8 Å². The van der Waals surface area contributed by atoms with Gasteiger partial charge in [-0.15, -0.1) is 0 Å². The number of carboxylic acids is 2. The number of nitrogens with zero attached hydrogens (tertiary/aromatic N) is 2. The van der Waals surface area contributed by atoms with Crippen molar-refractivity contribution >= 4 is 58.1 Å². The molecule has 1 saturated heterocycles. The van der Waals surface area contributed by atoms with Gasteiger partial charge in [0, 0.05) is 6.54 Å². The smallest absolute Gasteiger partial charge is 0.341 e. The van der Waals surface area contributed by atoms with Gasteiger partial charge >= 0.3 is 11.9 Å². The van der Waals surface area contributed by atoms with E-state index in [1.54, 1.807) is 36.4 Å². The summed E-state index contributed by atoms with van der Waals surface area (Å²) >= 11 is 7.34. The monoisotopic (exact) mass is 460 g/mol. The van der Waals surface area contributed by atoms with Crippen LogP contribution in [-0.2, 0) is 9.59 Å². The molecule has 31 heavy (non-hydrogen) atoms. The van der Waals surface area contributed by atoms with E-state index in [0.717, 1.165) is 0 Å². The van der Waals surface area contributed by atoms with Crippen molar-refractivity contribution in [1.29, 1.82) is 0 Å². The Morgan fingerprint density at radius 3 is 2.48 bits per heavy atom. The lowest BCUT2D eigenvalue weighted by Crippen LogP contribution is -2.28. The zero-order chi connectivity index (χ0) is 22.5. The molecule has 0 aliphatic carbocycles. The third kappa shape index (κ3) is 5.44. The van der Waals surface area contributed by atoms with Crippen LogP contribution in [0.25, 0.3) is 6.08 Å². The summed E-state index contributed by atoms with van der Waals surface area (Å²) in [7, 11) is 0. The SMILES string of the molecule is CCN1C(=O)C(=Cc2ccc(OCC(=O)O)c(Cl)c2)SC1=Nc1ccc(C(=O)O)cc1. The molecule has 160 valence electrons. The zero-order valence-corrected chi connectivity index (χ0v) is 17.8. The first-order valence-electron chi connectivity index (χ1n) is 9.06. The Labute approximate surface area is 186 Å². The van der Waals surface area contributed by atoms with E-state index in [4.69, 9.17) is 26.6 Å². The van der Waals surface area contributed by atoms with E-state index < -0.39 is 18.5 Å². The molecule has 0 bridgehead atoms. The number of benzene rings is 2. The van der Waals surface area contributed by atoms with Gasteiger partial charge in [-0.3, -0.25) is 9.69 Å². The van der Waals surface area contributed by atoms with Gasteiger partial charge in [0.05, 0.1) is 21.2 Å². The third-order valence-corrected chi connectivity index (χ3v) is 5.45. The molecule has 2 aromatic carbocycles. The molecule has 1 aliphatic heterocycles. The maximum Gasteiger partial charge on any atom is 0.341 e. The van der Waals surface area contributed by atoms with E-state index in [9.17, 15) is 14.4 Å². The molecule has 0 aromatic heterocycles. The van der Waals surface area contributed by atoms with Gasteiger partial charge in [0.25, 0.3) is 5.91 Å². The Hall–Kier alpha value is -3.30. The number of ether oxygens (including phenoxy) is 1. The van der Waals surface area contributed by atoms with Crippen LogP contribution in [0, 0.1) is 0 Å². The number of carbonyl (C=O) groups is 3. The van der Waals surface area contributed by atoms with Gasteiger partial charge in [-0.05, 0) is 66.7 Å². The maximum absolute atomic E-state index is 12.8. The first-order valence-corrected chi connectivity index (χ1v) is 10.3. The van der Waals surface area contributed by atoms with Crippen molar-refractivity contribution in [3.05, 3.63) is 63.5 Å². The van der Waals surface area contributed by atoms with Crippen molar-refractivity contribution in [3.8, 4) is 5.75 Å². The van der Waals surface area contributed by atoms with Crippen LogP contribution in [0.15, 0.2) is 52.4 Å². The summed E-state index contributed by atoms with van der Waals surface area (Å²) in [6.45, 7) is 1.74. The number of aliphatic carboxylic acids is 1. The van der Waals surface area contributed by atoms with Crippen LogP contribution in [0.3, 0.4) is 0 Å². The molecule has 0 unspecified atom stereocenters. The number of aromatic carboxylic acids is 1. The topological polar surface area (TPSA) is 117 Å². The van der Waals surface area contributed by atoms with Crippen LogP contribution >= 0.6 is 23.4 Å². The van der Waals surface area contributed by atoms with Gasteiger partial charge in [-0.1, -0.05) is 17.7 Å². The largest absolute Gasteiger partial charge is 0.480 e. The summed E-state index contributed by atoms with van der Waals surface area (Å²) < 4.78 is 5.10. The van der Waals surface area contributed by atoms with Crippen molar-refractivity contribution in [1.82, 2.24) is 4.90 Å². The molecule has 10 heteroatoms. The number of hydrogen-bond acceptors (Lipinski definition) is 6. The summed E-state index contributed by atoms with van der Waals surface area (Å²) in [5, 5.41) is 18.4. The normalized spacial score (nSPS) is 16.2. The van der Waals surface area contributed by atoms with Crippen LogP contribution < -0.4 is 4.74 Å². The Balaban J connectivity index is 1.83. The Bertz CT molecular complexity index is 1100. The highest BCUT2D eigenvalue weighted by molar-refractivity contribution is 8.18. The van der Waals surface area contributed by atoms with Gasteiger partial charge < -0.3 is 14.9 Å². The number of rotatable bonds is 7. The number of aliphatic imine (C=N–C) groups is 1. The fourth-order valence-corrected chi connectivity index (χ4v) is 3.98. The molecule has 0 radical (unpaired) electrons. The van der Waals surface area contributed by atoms with E-state index in [-0.39, 0.29) is 22.2 Å². The summed E-state index contributed by atoms with van der Waals surface area (Å²) in [5.74, 6) is -2.11. The molecular formula is C21H17ClN2O6S. The van der Waals surface area contributed by atoms with Gasteiger partial charge in [-0.2, -0.15) is 0 Å². The van der Waals surface area contributed by atoms with Crippen LogP contribution in [0.1, 0.15) is 22.8 Å². The predicted octanol–water partition coefficient (Wildman–Crippen LogP) is 4.13. The lowest BCUT2D eigenvalue weighted by atomic mass is 10.2. The molecule has 0 spiro atoms. The highest BCUT2D eigenvalue weighted by Gasteiger charge is 2.32. The zero-order valence-electron chi connectivity index (χ0n) is 16.2. The van der Waals surface area contributed by atoms with E-state index >= 15 is 0 Å². The number of amidine groups is 1. The molecule has 1 heterocycles. The Kier molecular flexibility index (Phi) is 6.98. The van der Waals surface area contributed by atoms with E-state index in [1.807, 2.05) is 6.92 Å². The quantitative estimate of drug-likeness (QED) is 0.596. The Morgan fingerprint density at radius 2 is 1.90 bits per heavy atom. The minimum absolute atomic E-state index is 0.152. The first kappa shape index (κ1) is 22.4. The van der Waals surface area contributed by atoms with Crippen molar-refractivity contribution in [2.75, 3.05) is 13.2 Å². The second-order valence-corrected chi connectivity index (χ2v) is 7.70. The fraction of sp³-hybridized carbons (Fsp3) is 0.143. The van der Waals surface area contributed by atoms with Crippen LogP contribution in [-0.4, -0.2) is 51.3 Å². The number of thioether (sulfide) groups is 1. The molecule has 3 rings (SSSR count). The molecule has 0 saturated carbocycles. The van der Waals surface area contributed by atoms with Crippen LogP contribution in [0.2, 0.25) is 5.02 Å². The fourth-order valence-electron chi connectivity index (χ4n) is 2.67. The summed E-state index contributed by atoms with van der Waals surface area (Å²) in [6.07, 6.45) is 1.67. The van der Waals surface area contributed by atoms with Crippen LogP contribution in [0.4, 0.5) is 5.69 Å². The van der Waals surface area contributed by atoms with Gasteiger partial charge in [-0.25, -0.2) is 14.6 Å². The molecule has 1 amide bonds. The molecule has 1 fully saturated rings. The van der Waals surface area contributed by atoms with Gasteiger partial charge in [0.1, 0.15) is 5.75 Å². The summed E-state index contributed by atoms with van der Waals surface area (Å²) in [5.41, 5.74) is 1.33. The predicted molar refractivity (Wildman–Crippen MR) is 118 cm³/mol. The molecular weight excluding hydrogens is 444 g/mol. The van der Waals surface area contributed by atoms with Crippen molar-refractivity contribution in [2.24, 2.45) is 4.99 Å². The number of amides is 1. The summed E-state index contributed by atoms with van der Waals surface area (Å²) in [6, 6.07) is 10.8. The second kappa shape index (κ2) is 9.67. The molecule has 8 nitrogen and oxygen atoms in total.